The lowest BCUT2D eigenvalue weighted by molar-refractivity contribution is -0.158. The Bertz CT molecular complexity index is 607. The van der Waals surface area contributed by atoms with E-state index >= 15 is 0 Å². The van der Waals surface area contributed by atoms with E-state index in [1.807, 2.05) is 6.92 Å². The summed E-state index contributed by atoms with van der Waals surface area (Å²) < 4.78 is 42.4. The molecule has 28 heavy (non-hydrogen) atoms. The smallest absolute Gasteiger partial charge is 0.344 e. The Kier molecular flexibility index (Phi) is 13.0. The lowest BCUT2D eigenvalue weighted by Gasteiger charge is -2.20. The van der Waals surface area contributed by atoms with Crippen molar-refractivity contribution < 1.29 is 41.6 Å². The summed E-state index contributed by atoms with van der Waals surface area (Å²) >= 11 is 0. The van der Waals surface area contributed by atoms with E-state index in [9.17, 15) is 22.8 Å². The Morgan fingerprint density at radius 1 is 0.929 bits per heavy atom. The molecule has 10 heteroatoms. The third-order valence-electron chi connectivity index (χ3n) is 4.32. The first-order chi connectivity index (χ1) is 12.6. The summed E-state index contributed by atoms with van der Waals surface area (Å²) in [4.78, 5) is 33.5. The number of rotatable bonds is 10. The van der Waals surface area contributed by atoms with Crippen molar-refractivity contribution in [1.82, 2.24) is 0 Å². The first-order valence-corrected chi connectivity index (χ1v) is 10.4. The zero-order chi connectivity index (χ0) is 22.6. The maximum Gasteiger partial charge on any atom is 0.344 e. The van der Waals surface area contributed by atoms with Crippen LogP contribution in [0.15, 0.2) is 0 Å². The van der Waals surface area contributed by atoms with Crippen molar-refractivity contribution >= 4 is 28.0 Å². The molecule has 0 aromatic heterocycles. The van der Waals surface area contributed by atoms with Crippen LogP contribution in [0.4, 0.5) is 0 Å². The fourth-order valence-electron chi connectivity index (χ4n) is 1.17. The van der Waals surface area contributed by atoms with E-state index in [1.165, 1.54) is 21.0 Å². The molecule has 0 radical (unpaired) electrons. The van der Waals surface area contributed by atoms with Gasteiger partial charge in [0, 0.05) is 6.42 Å². The molecule has 0 spiro atoms. The normalized spacial score (nSPS) is 11.7. The molecule has 0 aliphatic carbocycles. The first-order valence-electron chi connectivity index (χ1n) is 9.01. The molecule has 0 amide bonds. The highest BCUT2D eigenvalue weighted by atomic mass is 32.2. The van der Waals surface area contributed by atoms with Crippen LogP contribution in [0.3, 0.4) is 0 Å². The average molecular weight is 427 g/mol. The van der Waals surface area contributed by atoms with Crippen molar-refractivity contribution in [1.29, 1.82) is 0 Å². The third-order valence-corrected chi connectivity index (χ3v) is 6.01. The van der Waals surface area contributed by atoms with Crippen molar-refractivity contribution in [2.75, 3.05) is 20.3 Å². The molecule has 9 nitrogen and oxygen atoms in total. The van der Waals surface area contributed by atoms with Gasteiger partial charge in [0.25, 0.3) is 10.1 Å². The van der Waals surface area contributed by atoms with E-state index in [1.54, 1.807) is 20.8 Å². The molecule has 0 aromatic rings. The van der Waals surface area contributed by atoms with Gasteiger partial charge in [-0.25, -0.2) is 4.79 Å². The molecule has 0 atom stereocenters. The molecule has 0 aliphatic rings. The van der Waals surface area contributed by atoms with Gasteiger partial charge in [-0.2, -0.15) is 8.42 Å². The predicted molar refractivity (Wildman–Crippen MR) is 103 cm³/mol. The van der Waals surface area contributed by atoms with Gasteiger partial charge in [0.1, 0.15) is 0 Å². The number of esters is 3. The molecule has 166 valence electrons. The summed E-state index contributed by atoms with van der Waals surface area (Å²) in [5.74, 6) is -1.40. The Morgan fingerprint density at radius 3 is 1.82 bits per heavy atom. The van der Waals surface area contributed by atoms with E-state index in [2.05, 4.69) is 9.47 Å². The molecular weight excluding hydrogens is 392 g/mol. The SMILES string of the molecule is CCC(C)(C)C(=O)OCCCC(=O)OCC(=O)OC.CCC(C)(C)S(=O)(=O)O. The van der Waals surface area contributed by atoms with Gasteiger partial charge in [0.15, 0.2) is 6.61 Å². The van der Waals surface area contributed by atoms with Gasteiger partial charge in [-0.1, -0.05) is 13.8 Å². The van der Waals surface area contributed by atoms with Gasteiger partial charge >= 0.3 is 17.9 Å². The standard InChI is InChI=1S/C13H22O6.C5H12O3S/c1-5-13(2,3)12(16)18-8-6-7-10(14)19-9-11(15)17-4;1-4-5(2,3)9(6,7)8/h5-9H2,1-4H3;4H2,1-3H3,(H,6,7,8). The van der Waals surface area contributed by atoms with Crippen molar-refractivity contribution in [2.45, 2.75) is 72.0 Å². The maximum absolute atomic E-state index is 11.6. The van der Waals surface area contributed by atoms with Gasteiger partial charge in [-0.3, -0.25) is 14.1 Å². The van der Waals surface area contributed by atoms with Crippen molar-refractivity contribution in [3.8, 4) is 0 Å². The Labute approximate surface area is 167 Å². The van der Waals surface area contributed by atoms with Gasteiger partial charge < -0.3 is 14.2 Å². The summed E-state index contributed by atoms with van der Waals surface area (Å²) in [6.45, 7) is 9.98. The molecule has 0 rings (SSSR count). The highest BCUT2D eigenvalue weighted by Crippen LogP contribution is 2.21. The Balaban J connectivity index is 0. The van der Waals surface area contributed by atoms with E-state index in [4.69, 9.17) is 9.29 Å². The first kappa shape index (κ1) is 28.5. The fraction of sp³-hybridized carbons (Fsp3) is 0.833. The summed E-state index contributed by atoms with van der Waals surface area (Å²) in [6.07, 6.45) is 1.57. The fourth-order valence-corrected chi connectivity index (χ4v) is 1.54. The minimum atomic E-state index is -3.85. The van der Waals surface area contributed by atoms with Crippen LogP contribution in [0.5, 0.6) is 0 Å². The van der Waals surface area contributed by atoms with Crippen molar-refractivity contribution in [2.24, 2.45) is 5.41 Å². The molecular formula is C18H34O9S. The molecule has 1 N–H and O–H groups in total. The van der Waals surface area contributed by atoms with Crippen LogP contribution in [0.25, 0.3) is 0 Å². The van der Waals surface area contributed by atoms with Gasteiger partial charge in [0.2, 0.25) is 0 Å². The highest BCUT2D eigenvalue weighted by molar-refractivity contribution is 7.87. The van der Waals surface area contributed by atoms with E-state index < -0.39 is 38.8 Å². The number of methoxy groups -OCH3 is 1. The quantitative estimate of drug-likeness (QED) is 0.242. The highest BCUT2D eigenvalue weighted by Gasteiger charge is 2.29. The van der Waals surface area contributed by atoms with Gasteiger partial charge in [-0.05, 0) is 47.0 Å². The predicted octanol–water partition coefficient (Wildman–Crippen LogP) is 2.53. The van der Waals surface area contributed by atoms with Crippen molar-refractivity contribution in [3.63, 3.8) is 0 Å². The zero-order valence-electron chi connectivity index (χ0n) is 17.9. The van der Waals surface area contributed by atoms with Crippen LogP contribution in [0, 0.1) is 5.41 Å². The second-order valence-electron chi connectivity index (χ2n) is 7.30. The summed E-state index contributed by atoms with van der Waals surface area (Å²) in [6, 6.07) is 0. The van der Waals surface area contributed by atoms with E-state index in [0.717, 1.165) is 0 Å². The van der Waals surface area contributed by atoms with Crippen LogP contribution >= 0.6 is 0 Å². The molecule has 0 saturated carbocycles. The molecule has 0 bridgehead atoms. The monoisotopic (exact) mass is 426 g/mol. The number of carbonyl (C=O) groups is 3. The van der Waals surface area contributed by atoms with Gasteiger partial charge in [-0.15, -0.1) is 0 Å². The number of hydrogen-bond acceptors (Lipinski definition) is 8. The minimum absolute atomic E-state index is 0.0941. The third kappa shape index (κ3) is 11.9. The number of hydrogen-bond donors (Lipinski definition) is 1. The topological polar surface area (TPSA) is 133 Å². The minimum Gasteiger partial charge on any atom is -0.466 e. The van der Waals surface area contributed by atoms with Gasteiger partial charge in [0.05, 0.1) is 23.9 Å². The maximum atomic E-state index is 11.6. The van der Waals surface area contributed by atoms with Crippen LogP contribution in [0.1, 0.15) is 67.2 Å². The second kappa shape index (κ2) is 12.7. The largest absolute Gasteiger partial charge is 0.466 e. The average Bonchev–Trinajstić information content (AvgIpc) is 2.62. The Morgan fingerprint density at radius 2 is 1.46 bits per heavy atom. The molecule has 0 aromatic carbocycles. The Hall–Kier alpha value is -1.68. The summed E-state index contributed by atoms with van der Waals surface area (Å²) in [5, 5.41) is 0. The number of carbonyl (C=O) groups excluding carboxylic acids is 3. The van der Waals surface area contributed by atoms with Crippen LogP contribution in [-0.4, -0.2) is 55.9 Å². The lowest BCUT2D eigenvalue weighted by atomic mass is 9.91. The van der Waals surface area contributed by atoms with Crippen LogP contribution in [-0.2, 0) is 38.7 Å². The van der Waals surface area contributed by atoms with E-state index in [0.29, 0.717) is 19.3 Å². The van der Waals surface area contributed by atoms with Crippen molar-refractivity contribution in [3.05, 3.63) is 0 Å². The van der Waals surface area contributed by atoms with E-state index in [-0.39, 0.29) is 19.0 Å². The molecule has 0 aliphatic heterocycles. The second-order valence-corrected chi connectivity index (χ2v) is 9.36. The lowest BCUT2D eigenvalue weighted by Crippen LogP contribution is -2.29. The molecule has 0 heterocycles. The zero-order valence-corrected chi connectivity index (χ0v) is 18.7. The number of ether oxygens (including phenoxy) is 3. The molecule has 0 fully saturated rings. The summed E-state index contributed by atoms with van der Waals surface area (Å²) in [7, 11) is -2.64. The van der Waals surface area contributed by atoms with Crippen LogP contribution in [0.2, 0.25) is 0 Å². The molecule has 0 saturated heterocycles. The summed E-state index contributed by atoms with van der Waals surface area (Å²) in [5.41, 5.74) is -0.509. The van der Waals surface area contributed by atoms with Crippen LogP contribution < -0.4 is 0 Å². The molecule has 0 unspecified atom stereocenters.